The van der Waals surface area contributed by atoms with Gasteiger partial charge < -0.3 is 50.2 Å². The molecular formula is C47H69NO11. The number of aliphatic hydroxyl groups excluding tert-OH is 5. The van der Waals surface area contributed by atoms with Crippen molar-refractivity contribution in [3.05, 3.63) is 47.5 Å². The van der Waals surface area contributed by atoms with Crippen molar-refractivity contribution in [2.75, 3.05) is 26.4 Å². The number of ether oxygens (including phenoxy) is 3. The highest BCUT2D eigenvalue weighted by molar-refractivity contribution is 5.78. The van der Waals surface area contributed by atoms with E-state index >= 15 is 0 Å². The number of aliphatic hydroxyl groups is 5. The normalized spacial score (nSPS) is 49.4. The molecule has 17 atom stereocenters. The molecule has 2 aliphatic heterocycles. The molecule has 1 aromatic carbocycles. The second-order valence-corrected chi connectivity index (χ2v) is 21.3. The lowest BCUT2D eigenvalue weighted by Crippen LogP contribution is -2.72. The first kappa shape index (κ1) is 43.2. The maximum atomic E-state index is 13.3. The topological polar surface area (TPSA) is 195 Å². The highest BCUT2D eigenvalue weighted by atomic mass is 16.7. The maximum absolute atomic E-state index is 13.3. The van der Waals surface area contributed by atoms with Crippen LogP contribution >= 0.6 is 0 Å². The third kappa shape index (κ3) is 6.59. The predicted octanol–water partition coefficient (Wildman–Crippen LogP) is 4.59. The molecule has 0 radical (unpaired) electrons. The van der Waals surface area contributed by atoms with Crippen molar-refractivity contribution >= 4 is 11.9 Å². The fraction of sp³-hybridized carbons (Fsp3) is 0.787. The summed E-state index contributed by atoms with van der Waals surface area (Å²) in [7, 11) is 0. The number of carbonyl (C=O) groups excluding carboxylic acids is 1. The zero-order chi connectivity index (χ0) is 42.3. The van der Waals surface area contributed by atoms with Gasteiger partial charge in [-0.2, -0.15) is 0 Å². The Morgan fingerprint density at radius 2 is 1.66 bits per heavy atom. The molecule has 8 rings (SSSR count). The molecule has 7 N–H and O–H groups in total. The molecule has 12 nitrogen and oxygen atoms in total. The van der Waals surface area contributed by atoms with E-state index in [1.807, 2.05) is 30.3 Å². The second-order valence-electron chi connectivity index (χ2n) is 21.3. The molecule has 17 unspecified atom stereocenters. The van der Waals surface area contributed by atoms with Crippen LogP contribution in [0.1, 0.15) is 104 Å². The van der Waals surface area contributed by atoms with Crippen LogP contribution in [0.15, 0.2) is 42.0 Å². The van der Waals surface area contributed by atoms with Gasteiger partial charge in [0.1, 0.15) is 18.3 Å². The van der Waals surface area contributed by atoms with Gasteiger partial charge in [0.2, 0.25) is 5.91 Å². The number of amides is 1. The molecule has 1 aromatic rings. The van der Waals surface area contributed by atoms with E-state index < -0.39 is 59.0 Å². The Bertz CT molecular complexity index is 1780. The summed E-state index contributed by atoms with van der Waals surface area (Å²) in [4.78, 5) is 26.1. The summed E-state index contributed by atoms with van der Waals surface area (Å²) in [5, 5.41) is 68.7. The summed E-state index contributed by atoms with van der Waals surface area (Å²) < 4.78 is 19.9. The third-order valence-electron chi connectivity index (χ3n) is 18.4. The zero-order valence-corrected chi connectivity index (χ0v) is 35.6. The number of carbonyl (C=O) groups is 2. The van der Waals surface area contributed by atoms with Crippen LogP contribution in [0.4, 0.5) is 0 Å². The van der Waals surface area contributed by atoms with Crippen molar-refractivity contribution in [1.82, 2.24) is 5.32 Å². The molecule has 5 aliphatic carbocycles. The Morgan fingerprint density at radius 3 is 2.32 bits per heavy atom. The first-order chi connectivity index (χ1) is 27.9. The molecule has 328 valence electrons. The molecule has 0 bridgehead atoms. The van der Waals surface area contributed by atoms with E-state index in [-0.39, 0.29) is 78.2 Å². The van der Waals surface area contributed by atoms with E-state index in [0.717, 1.165) is 31.2 Å². The van der Waals surface area contributed by atoms with E-state index in [1.165, 1.54) is 5.57 Å². The number of carboxylic acids is 1. The van der Waals surface area contributed by atoms with E-state index in [2.05, 4.69) is 46.0 Å². The number of rotatable bonds is 10. The lowest BCUT2D eigenvalue weighted by Gasteiger charge is -2.73. The van der Waals surface area contributed by atoms with Crippen molar-refractivity contribution in [2.45, 2.75) is 142 Å². The molecule has 6 fully saturated rings. The Labute approximate surface area is 349 Å². The fourth-order valence-corrected chi connectivity index (χ4v) is 14.7. The summed E-state index contributed by atoms with van der Waals surface area (Å²) in [6.07, 6.45) is 1.97. The third-order valence-corrected chi connectivity index (χ3v) is 18.4. The maximum Gasteiger partial charge on any atom is 0.310 e. The first-order valence-electron chi connectivity index (χ1n) is 22.3. The van der Waals surface area contributed by atoms with Gasteiger partial charge in [0, 0.05) is 25.0 Å². The molecule has 59 heavy (non-hydrogen) atoms. The van der Waals surface area contributed by atoms with Gasteiger partial charge in [-0.05, 0) is 115 Å². The zero-order valence-electron chi connectivity index (χ0n) is 35.6. The number of carboxylic acid groups (broad SMARTS) is 1. The molecule has 12 heteroatoms. The number of aliphatic carboxylic acids is 1. The SMILES string of the molecule is CC1(CO)CCC2(C(=O)O)CCC3(C)C(=CCC4C5(C)C(CC6CNC(=O)C6)C(OCc6ccccc6)C(OC6OCC(O)C(O)C6O)C(C)(CO)C5CCC43C)C2C1. The fourth-order valence-electron chi connectivity index (χ4n) is 14.7. The molecule has 2 heterocycles. The van der Waals surface area contributed by atoms with Gasteiger partial charge >= 0.3 is 5.97 Å². The summed E-state index contributed by atoms with van der Waals surface area (Å²) in [6.45, 7) is 11.7. The van der Waals surface area contributed by atoms with Crippen LogP contribution in [0.2, 0.25) is 0 Å². The Morgan fingerprint density at radius 1 is 0.932 bits per heavy atom. The van der Waals surface area contributed by atoms with Crippen LogP contribution in [-0.4, -0.2) is 106 Å². The summed E-state index contributed by atoms with van der Waals surface area (Å²) in [5.74, 6) is -1.05. The molecule has 0 spiro atoms. The molecule has 2 saturated heterocycles. The van der Waals surface area contributed by atoms with Crippen LogP contribution in [0.3, 0.4) is 0 Å². The van der Waals surface area contributed by atoms with Gasteiger partial charge in [0.15, 0.2) is 6.29 Å². The largest absolute Gasteiger partial charge is 0.481 e. The van der Waals surface area contributed by atoms with Gasteiger partial charge in [-0.25, -0.2) is 0 Å². The molecule has 4 saturated carbocycles. The van der Waals surface area contributed by atoms with E-state index in [1.54, 1.807) is 0 Å². The van der Waals surface area contributed by atoms with Crippen LogP contribution < -0.4 is 5.32 Å². The van der Waals surface area contributed by atoms with Crippen LogP contribution in [0, 0.1) is 62.1 Å². The van der Waals surface area contributed by atoms with Gasteiger partial charge in [-0.3, -0.25) is 9.59 Å². The summed E-state index contributed by atoms with van der Waals surface area (Å²) >= 11 is 0. The van der Waals surface area contributed by atoms with Crippen molar-refractivity contribution in [3.63, 3.8) is 0 Å². The van der Waals surface area contributed by atoms with Crippen LogP contribution in [0.5, 0.6) is 0 Å². The standard InChI is InChI=1S/C47H69NO11/c1-42(25-49)15-17-47(41(55)56)18-16-44(3)29(31(47)21-42)11-12-34-45(44,4)14-13-33-43(2,26-50)39(59-40-37(54)36(53)32(51)24-58-40)38(57-23-27-9-7-6-8-10-27)30(46(33,34)5)19-28-20-35(52)48-22-28/h6-11,28,30-34,36-40,49-51,53-54H,12-26H2,1-5H3,(H,48,52)(H,55,56). The molecular weight excluding hydrogens is 755 g/mol. The summed E-state index contributed by atoms with van der Waals surface area (Å²) in [5.41, 5.74) is -0.971. The minimum absolute atomic E-state index is 0.0197. The van der Waals surface area contributed by atoms with Crippen molar-refractivity contribution in [2.24, 2.45) is 62.1 Å². The van der Waals surface area contributed by atoms with Gasteiger partial charge in [-0.1, -0.05) is 76.6 Å². The van der Waals surface area contributed by atoms with E-state index in [4.69, 9.17) is 14.2 Å². The first-order valence-corrected chi connectivity index (χ1v) is 22.3. The van der Waals surface area contributed by atoms with Crippen LogP contribution in [0.25, 0.3) is 0 Å². The number of allylic oxidation sites excluding steroid dienone is 2. The highest BCUT2D eigenvalue weighted by Crippen LogP contribution is 2.77. The second kappa shape index (κ2) is 15.4. The quantitative estimate of drug-likeness (QED) is 0.129. The number of benzene rings is 1. The number of hydrogen-bond donors (Lipinski definition) is 7. The monoisotopic (exact) mass is 823 g/mol. The minimum atomic E-state index is -1.53. The van der Waals surface area contributed by atoms with E-state index in [9.17, 15) is 40.2 Å². The molecule has 0 aromatic heterocycles. The minimum Gasteiger partial charge on any atom is -0.481 e. The lowest BCUT2D eigenvalue weighted by molar-refractivity contribution is -0.345. The predicted molar refractivity (Wildman–Crippen MR) is 217 cm³/mol. The van der Waals surface area contributed by atoms with Crippen molar-refractivity contribution < 1.29 is 54.4 Å². The van der Waals surface area contributed by atoms with E-state index in [0.29, 0.717) is 45.1 Å². The van der Waals surface area contributed by atoms with Crippen molar-refractivity contribution in [3.8, 4) is 0 Å². The van der Waals surface area contributed by atoms with Gasteiger partial charge in [0.25, 0.3) is 0 Å². The highest BCUT2D eigenvalue weighted by Gasteiger charge is 2.73. The smallest absolute Gasteiger partial charge is 0.310 e. The van der Waals surface area contributed by atoms with Gasteiger partial charge in [-0.15, -0.1) is 0 Å². The number of fused-ring (bicyclic) bond motifs is 7. The average molecular weight is 824 g/mol. The van der Waals surface area contributed by atoms with Gasteiger partial charge in [0.05, 0.1) is 37.4 Å². The Balaban J connectivity index is 1.26. The lowest BCUT2D eigenvalue weighted by atomic mass is 9.31. The molecule has 1 amide bonds. The average Bonchev–Trinajstić information content (AvgIpc) is 3.64. The number of hydrogen-bond acceptors (Lipinski definition) is 10. The van der Waals surface area contributed by atoms with Crippen molar-refractivity contribution in [1.29, 1.82) is 0 Å². The Kier molecular flexibility index (Phi) is 11.3. The summed E-state index contributed by atoms with van der Waals surface area (Å²) in [6, 6.07) is 9.90. The van der Waals surface area contributed by atoms with Crippen LogP contribution in [-0.2, 0) is 30.4 Å². The Hall–Kier alpha value is -2.42. The number of nitrogens with one attached hydrogen (secondary N) is 1. The molecule has 7 aliphatic rings.